The number of rotatable bonds is 4. The number of benzene rings is 1. The minimum Gasteiger partial charge on any atom is -0.494 e. The Hall–Kier alpha value is -1.14. The van der Waals surface area contributed by atoms with Crippen LogP contribution in [0.3, 0.4) is 0 Å². The lowest BCUT2D eigenvalue weighted by Gasteiger charge is -2.35. The van der Waals surface area contributed by atoms with Gasteiger partial charge in [0, 0.05) is 26.2 Å². The van der Waals surface area contributed by atoms with Gasteiger partial charge in [-0.3, -0.25) is 4.90 Å². The van der Waals surface area contributed by atoms with E-state index in [-0.39, 0.29) is 24.3 Å². The van der Waals surface area contributed by atoms with Crippen LogP contribution in [0.15, 0.2) is 35.0 Å². The zero-order valence-corrected chi connectivity index (χ0v) is 14.1. The highest BCUT2D eigenvalue weighted by Gasteiger charge is 2.25. The summed E-state index contributed by atoms with van der Waals surface area (Å²) >= 11 is 1.69. The van der Waals surface area contributed by atoms with Crippen LogP contribution in [0.1, 0.15) is 17.2 Å². The van der Waals surface area contributed by atoms with Gasteiger partial charge in [0.05, 0.1) is 13.2 Å². The van der Waals surface area contributed by atoms with Crippen LogP contribution in [0.25, 0.3) is 0 Å². The van der Waals surface area contributed by atoms with Crippen molar-refractivity contribution < 1.29 is 9.13 Å². The zero-order chi connectivity index (χ0) is 14.7. The lowest BCUT2D eigenvalue weighted by Crippen LogP contribution is -2.45. The fourth-order valence-electron chi connectivity index (χ4n) is 2.83. The van der Waals surface area contributed by atoms with Crippen molar-refractivity contribution in [3.05, 3.63) is 52.0 Å². The molecule has 0 unspecified atom stereocenters. The first-order valence-corrected chi connectivity index (χ1v) is 8.04. The summed E-state index contributed by atoms with van der Waals surface area (Å²) in [4.78, 5) is 2.44. The number of halogens is 2. The Morgan fingerprint density at radius 1 is 1.23 bits per heavy atom. The number of hydrogen-bond acceptors (Lipinski definition) is 4. The SMILES string of the molecule is COc1cc([C@H](c2ccsc2)N2CCNCC2)ccc1F.Cl. The average molecular weight is 343 g/mol. The standard InChI is InChI=1S/C16H19FN2OS.ClH/c1-20-15-10-12(2-3-14(15)17)16(13-4-9-21-11-13)19-7-5-18-6-8-19;/h2-4,9-11,16,18H,5-8H2,1H3;1H/t16-;/m1./s1. The molecular formula is C16H20ClFN2OS. The summed E-state index contributed by atoms with van der Waals surface area (Å²) in [5.41, 5.74) is 2.34. The van der Waals surface area contributed by atoms with Crippen LogP contribution in [-0.2, 0) is 0 Å². The molecule has 0 radical (unpaired) electrons. The van der Waals surface area contributed by atoms with Crippen molar-refractivity contribution in [2.24, 2.45) is 0 Å². The van der Waals surface area contributed by atoms with Crippen molar-refractivity contribution in [3.8, 4) is 5.75 Å². The summed E-state index contributed by atoms with van der Waals surface area (Å²) in [6, 6.07) is 7.48. The Kier molecular flexibility index (Phi) is 6.20. The molecule has 1 saturated heterocycles. The molecule has 3 rings (SSSR count). The third-order valence-electron chi connectivity index (χ3n) is 3.87. The van der Waals surface area contributed by atoms with E-state index in [1.165, 1.54) is 18.7 Å². The molecule has 3 nitrogen and oxygen atoms in total. The number of nitrogens with zero attached hydrogens (tertiary/aromatic N) is 1. The topological polar surface area (TPSA) is 24.5 Å². The van der Waals surface area contributed by atoms with Gasteiger partial charge in [0.25, 0.3) is 0 Å². The van der Waals surface area contributed by atoms with E-state index >= 15 is 0 Å². The summed E-state index contributed by atoms with van der Waals surface area (Å²) in [5, 5.41) is 7.63. The molecule has 1 aliphatic rings. The quantitative estimate of drug-likeness (QED) is 0.922. The van der Waals surface area contributed by atoms with E-state index in [9.17, 15) is 4.39 Å². The Bertz CT molecular complexity index is 588. The van der Waals surface area contributed by atoms with Crippen LogP contribution in [0.5, 0.6) is 5.75 Å². The molecular weight excluding hydrogens is 323 g/mol. The molecule has 0 amide bonds. The number of piperazine rings is 1. The molecule has 1 aliphatic heterocycles. The Morgan fingerprint density at radius 3 is 2.64 bits per heavy atom. The Labute approximate surface area is 140 Å². The molecule has 0 bridgehead atoms. The molecule has 1 atom stereocenters. The molecule has 22 heavy (non-hydrogen) atoms. The normalized spacial score (nSPS) is 16.8. The van der Waals surface area contributed by atoms with E-state index in [2.05, 4.69) is 27.0 Å². The van der Waals surface area contributed by atoms with Crippen molar-refractivity contribution in [1.29, 1.82) is 0 Å². The highest BCUT2D eigenvalue weighted by Crippen LogP contribution is 2.33. The lowest BCUT2D eigenvalue weighted by molar-refractivity contribution is 0.198. The van der Waals surface area contributed by atoms with Gasteiger partial charge < -0.3 is 10.1 Å². The molecule has 6 heteroatoms. The predicted molar refractivity (Wildman–Crippen MR) is 90.8 cm³/mol. The lowest BCUT2D eigenvalue weighted by atomic mass is 9.98. The zero-order valence-electron chi connectivity index (χ0n) is 12.4. The molecule has 2 aromatic rings. The molecule has 1 fully saturated rings. The largest absolute Gasteiger partial charge is 0.494 e. The molecule has 2 heterocycles. The van der Waals surface area contributed by atoms with Gasteiger partial charge in [-0.15, -0.1) is 12.4 Å². The number of thiophene rings is 1. The van der Waals surface area contributed by atoms with Crippen LogP contribution in [-0.4, -0.2) is 38.2 Å². The second-order valence-electron chi connectivity index (χ2n) is 5.14. The Balaban J connectivity index is 0.00000176. The summed E-state index contributed by atoms with van der Waals surface area (Å²) in [6.07, 6.45) is 0. The molecule has 1 N–H and O–H groups in total. The van der Waals surface area contributed by atoms with Gasteiger partial charge >= 0.3 is 0 Å². The molecule has 0 spiro atoms. The van der Waals surface area contributed by atoms with Crippen LogP contribution in [0, 0.1) is 5.82 Å². The van der Waals surface area contributed by atoms with E-state index in [0.717, 1.165) is 31.7 Å². The number of nitrogens with one attached hydrogen (secondary N) is 1. The first-order chi connectivity index (χ1) is 10.3. The number of ether oxygens (including phenoxy) is 1. The predicted octanol–water partition coefficient (Wildman–Crippen LogP) is 3.31. The van der Waals surface area contributed by atoms with Gasteiger partial charge in [0.1, 0.15) is 0 Å². The maximum atomic E-state index is 13.7. The molecule has 0 saturated carbocycles. The summed E-state index contributed by atoms with van der Waals surface area (Å²) in [6.45, 7) is 3.94. The number of methoxy groups -OCH3 is 1. The fraction of sp³-hybridized carbons (Fsp3) is 0.375. The molecule has 0 aliphatic carbocycles. The van der Waals surface area contributed by atoms with Crippen molar-refractivity contribution in [1.82, 2.24) is 10.2 Å². The second kappa shape index (κ2) is 7.92. The third kappa shape index (κ3) is 3.60. The van der Waals surface area contributed by atoms with Crippen molar-refractivity contribution in [3.63, 3.8) is 0 Å². The van der Waals surface area contributed by atoms with Crippen molar-refractivity contribution in [2.75, 3.05) is 33.3 Å². The smallest absolute Gasteiger partial charge is 0.165 e. The van der Waals surface area contributed by atoms with Crippen LogP contribution >= 0.6 is 23.7 Å². The number of hydrogen-bond donors (Lipinski definition) is 1. The maximum Gasteiger partial charge on any atom is 0.165 e. The highest BCUT2D eigenvalue weighted by atomic mass is 35.5. The third-order valence-corrected chi connectivity index (χ3v) is 4.57. The fourth-order valence-corrected chi connectivity index (χ4v) is 3.51. The Morgan fingerprint density at radius 2 is 2.00 bits per heavy atom. The first-order valence-electron chi connectivity index (χ1n) is 7.10. The first kappa shape index (κ1) is 17.2. The van der Waals surface area contributed by atoms with Gasteiger partial charge in [-0.2, -0.15) is 11.3 Å². The van der Waals surface area contributed by atoms with Crippen molar-refractivity contribution >= 4 is 23.7 Å². The minimum absolute atomic E-state index is 0. The van der Waals surface area contributed by atoms with Crippen LogP contribution in [0.2, 0.25) is 0 Å². The monoisotopic (exact) mass is 342 g/mol. The van der Waals surface area contributed by atoms with Crippen LogP contribution in [0.4, 0.5) is 4.39 Å². The highest BCUT2D eigenvalue weighted by molar-refractivity contribution is 7.08. The van der Waals surface area contributed by atoms with E-state index in [4.69, 9.17) is 4.74 Å². The average Bonchev–Trinajstić information content (AvgIpc) is 3.04. The molecule has 1 aromatic heterocycles. The molecule has 1 aromatic carbocycles. The van der Waals surface area contributed by atoms with Gasteiger partial charge in [-0.25, -0.2) is 4.39 Å². The van der Waals surface area contributed by atoms with Crippen LogP contribution < -0.4 is 10.1 Å². The van der Waals surface area contributed by atoms with E-state index in [1.54, 1.807) is 11.3 Å². The summed E-state index contributed by atoms with van der Waals surface area (Å²) in [5.74, 6) is -0.00602. The summed E-state index contributed by atoms with van der Waals surface area (Å²) < 4.78 is 18.8. The molecule has 120 valence electrons. The second-order valence-corrected chi connectivity index (χ2v) is 5.92. The minimum atomic E-state index is -0.314. The van der Waals surface area contributed by atoms with E-state index in [1.807, 2.05) is 12.1 Å². The van der Waals surface area contributed by atoms with Gasteiger partial charge in [-0.1, -0.05) is 6.07 Å². The maximum absolute atomic E-state index is 13.7. The van der Waals surface area contributed by atoms with E-state index < -0.39 is 0 Å². The van der Waals surface area contributed by atoms with E-state index in [0.29, 0.717) is 5.75 Å². The van der Waals surface area contributed by atoms with Gasteiger partial charge in [0.2, 0.25) is 0 Å². The van der Waals surface area contributed by atoms with Crippen molar-refractivity contribution in [2.45, 2.75) is 6.04 Å². The van der Waals surface area contributed by atoms with Gasteiger partial charge in [-0.05, 0) is 40.1 Å². The summed E-state index contributed by atoms with van der Waals surface area (Å²) in [7, 11) is 1.51. The van der Waals surface area contributed by atoms with Gasteiger partial charge in [0.15, 0.2) is 11.6 Å².